The molecule has 0 aliphatic heterocycles. The van der Waals surface area contributed by atoms with Gasteiger partial charge in [0.15, 0.2) is 5.67 Å². The Labute approximate surface area is 71.5 Å². The van der Waals surface area contributed by atoms with Crippen LogP contribution in [-0.2, 0) is 9.59 Å². The molecule has 0 aliphatic rings. The van der Waals surface area contributed by atoms with E-state index in [4.69, 9.17) is 0 Å². The van der Waals surface area contributed by atoms with E-state index in [9.17, 15) is 14.0 Å². The van der Waals surface area contributed by atoms with Gasteiger partial charge in [-0.25, -0.2) is 4.39 Å². The Kier molecular flexibility index (Phi) is 3.36. The van der Waals surface area contributed by atoms with Gasteiger partial charge in [0.05, 0.1) is 0 Å². The molecule has 0 aromatic rings. The Bertz CT molecular complexity index is 199. The fourth-order valence-corrected chi connectivity index (χ4v) is 1.01. The largest absolute Gasteiger partial charge is 0.346 e. The molecule has 0 aromatic heterocycles. The van der Waals surface area contributed by atoms with Gasteiger partial charge in [-0.15, -0.1) is 0 Å². The number of halogens is 1. The third-order valence-electron chi connectivity index (χ3n) is 1.43. The predicted octanol–water partition coefficient (Wildman–Crippen LogP) is 0.782. The molecule has 0 heterocycles. The second-order valence-corrected chi connectivity index (χ2v) is 3.28. The predicted molar refractivity (Wildman–Crippen MR) is 43.5 cm³/mol. The number of rotatable bonds is 3. The number of hydrogen-bond donors (Lipinski definition) is 0. The van der Waals surface area contributed by atoms with Crippen LogP contribution in [0, 0.1) is 0 Å². The number of Topliss-reactive ketones (excluding diaryl/α,β-unsaturated/α-hetero) is 1. The van der Waals surface area contributed by atoms with E-state index in [0.717, 1.165) is 11.8 Å². The molecule has 0 aliphatic carbocycles. The molecule has 3 nitrogen and oxygen atoms in total. The molecular weight excluding hydrogens is 161 g/mol. The van der Waals surface area contributed by atoms with Gasteiger partial charge in [0, 0.05) is 20.5 Å². The summed E-state index contributed by atoms with van der Waals surface area (Å²) in [6.45, 7) is 2.39. The maximum atomic E-state index is 13.4. The van der Waals surface area contributed by atoms with Crippen LogP contribution < -0.4 is 0 Å². The van der Waals surface area contributed by atoms with Crippen molar-refractivity contribution in [2.24, 2.45) is 0 Å². The normalized spacial score (nSPS) is 15.1. The number of alkyl halides is 1. The van der Waals surface area contributed by atoms with E-state index in [1.165, 1.54) is 21.0 Å². The van der Waals surface area contributed by atoms with Crippen molar-refractivity contribution in [2.45, 2.75) is 25.9 Å². The zero-order valence-corrected chi connectivity index (χ0v) is 7.85. The fraction of sp³-hybridized carbons (Fsp3) is 0.750. The van der Waals surface area contributed by atoms with Crippen molar-refractivity contribution < 1.29 is 14.0 Å². The van der Waals surface area contributed by atoms with Crippen molar-refractivity contribution >= 4 is 11.7 Å². The van der Waals surface area contributed by atoms with Gasteiger partial charge in [-0.2, -0.15) is 0 Å². The summed E-state index contributed by atoms with van der Waals surface area (Å²) in [5, 5.41) is 0. The zero-order valence-electron chi connectivity index (χ0n) is 7.85. The fourth-order valence-electron chi connectivity index (χ4n) is 1.01. The molecule has 0 fully saturated rings. The smallest absolute Gasteiger partial charge is 0.259 e. The van der Waals surface area contributed by atoms with Crippen molar-refractivity contribution in [2.75, 3.05) is 14.1 Å². The topological polar surface area (TPSA) is 37.4 Å². The van der Waals surface area contributed by atoms with Gasteiger partial charge < -0.3 is 4.90 Å². The first-order valence-corrected chi connectivity index (χ1v) is 3.67. The molecule has 0 N–H and O–H groups in total. The zero-order chi connectivity index (χ0) is 9.94. The van der Waals surface area contributed by atoms with Crippen molar-refractivity contribution in [3.05, 3.63) is 0 Å². The van der Waals surface area contributed by atoms with Crippen molar-refractivity contribution in [3.8, 4) is 0 Å². The molecule has 4 heteroatoms. The maximum Gasteiger partial charge on any atom is 0.259 e. The molecule has 0 aromatic carbocycles. The number of hydrogen-bond acceptors (Lipinski definition) is 2. The van der Waals surface area contributed by atoms with Gasteiger partial charge in [-0.1, -0.05) is 0 Å². The van der Waals surface area contributed by atoms with E-state index in [0.29, 0.717) is 0 Å². The average Bonchev–Trinajstić information content (AvgIpc) is 1.82. The number of carbonyl (C=O) groups is 2. The summed E-state index contributed by atoms with van der Waals surface area (Å²) in [6.07, 6.45) is -0.357. The highest BCUT2D eigenvalue weighted by molar-refractivity contribution is 5.90. The van der Waals surface area contributed by atoms with Crippen LogP contribution >= 0.6 is 0 Å². The molecule has 0 saturated carbocycles. The Morgan fingerprint density at radius 3 is 2.08 bits per heavy atom. The van der Waals surface area contributed by atoms with E-state index in [1.807, 2.05) is 0 Å². The second-order valence-electron chi connectivity index (χ2n) is 3.28. The summed E-state index contributed by atoms with van der Waals surface area (Å²) in [5.41, 5.74) is -2.06. The summed E-state index contributed by atoms with van der Waals surface area (Å²) >= 11 is 0. The summed E-state index contributed by atoms with van der Waals surface area (Å²) in [7, 11) is 2.92. The van der Waals surface area contributed by atoms with E-state index >= 15 is 0 Å². The van der Waals surface area contributed by atoms with Gasteiger partial charge in [0.25, 0.3) is 5.91 Å². The van der Waals surface area contributed by atoms with E-state index in [1.54, 1.807) is 0 Å². The Balaban J connectivity index is 4.39. The molecule has 1 unspecified atom stereocenters. The summed E-state index contributed by atoms with van der Waals surface area (Å²) in [6, 6.07) is 0. The highest BCUT2D eigenvalue weighted by Crippen LogP contribution is 2.17. The molecule has 0 saturated heterocycles. The monoisotopic (exact) mass is 175 g/mol. The highest BCUT2D eigenvalue weighted by Gasteiger charge is 2.35. The third-order valence-corrected chi connectivity index (χ3v) is 1.43. The van der Waals surface area contributed by atoms with Crippen molar-refractivity contribution in [3.63, 3.8) is 0 Å². The minimum Gasteiger partial charge on any atom is -0.346 e. The summed E-state index contributed by atoms with van der Waals surface area (Å²) < 4.78 is 13.4. The number of amides is 1. The second kappa shape index (κ2) is 3.65. The average molecular weight is 175 g/mol. The van der Waals surface area contributed by atoms with Crippen LogP contribution in [0.3, 0.4) is 0 Å². The first kappa shape index (κ1) is 11.1. The van der Waals surface area contributed by atoms with Crippen LogP contribution in [0.15, 0.2) is 0 Å². The Hall–Kier alpha value is -0.930. The van der Waals surface area contributed by atoms with Gasteiger partial charge in [0.2, 0.25) is 0 Å². The van der Waals surface area contributed by atoms with Crippen LogP contribution in [-0.4, -0.2) is 36.4 Å². The van der Waals surface area contributed by atoms with E-state index < -0.39 is 11.6 Å². The lowest BCUT2D eigenvalue weighted by atomic mass is 10.0. The standard InChI is InChI=1S/C8H14FNO2/c1-6(11)5-8(2,9)7(12)10(3)4/h5H2,1-4H3. The third kappa shape index (κ3) is 2.98. The van der Waals surface area contributed by atoms with Gasteiger partial charge in [-0.3, -0.25) is 9.59 Å². The molecule has 0 radical (unpaired) electrons. The molecule has 0 bridgehead atoms. The highest BCUT2D eigenvalue weighted by atomic mass is 19.1. The van der Waals surface area contributed by atoms with Gasteiger partial charge in [0.1, 0.15) is 5.78 Å². The molecule has 70 valence electrons. The van der Waals surface area contributed by atoms with Crippen LogP contribution in [0.5, 0.6) is 0 Å². The first-order valence-electron chi connectivity index (χ1n) is 3.67. The van der Waals surface area contributed by atoms with Crippen molar-refractivity contribution in [1.82, 2.24) is 4.90 Å². The van der Waals surface area contributed by atoms with E-state index in [-0.39, 0.29) is 12.2 Å². The van der Waals surface area contributed by atoms with Crippen LogP contribution in [0.25, 0.3) is 0 Å². The van der Waals surface area contributed by atoms with Crippen LogP contribution in [0.2, 0.25) is 0 Å². The number of ketones is 1. The SMILES string of the molecule is CC(=O)CC(C)(F)C(=O)N(C)C. The minimum absolute atomic E-state index is 0.324. The lowest BCUT2D eigenvalue weighted by Crippen LogP contribution is -2.41. The summed E-state index contributed by atoms with van der Waals surface area (Å²) in [4.78, 5) is 22.8. The molecule has 0 rings (SSSR count). The first-order chi connectivity index (χ1) is 5.27. The molecule has 1 atom stereocenters. The lowest BCUT2D eigenvalue weighted by Gasteiger charge is -2.21. The Morgan fingerprint density at radius 2 is 1.83 bits per heavy atom. The maximum absolute atomic E-state index is 13.4. The molecular formula is C8H14FNO2. The van der Waals surface area contributed by atoms with Crippen LogP contribution in [0.1, 0.15) is 20.3 Å². The summed E-state index contributed by atoms with van der Waals surface area (Å²) in [5.74, 6) is -0.993. The van der Waals surface area contributed by atoms with Crippen molar-refractivity contribution in [1.29, 1.82) is 0 Å². The molecule has 1 amide bonds. The Morgan fingerprint density at radius 1 is 1.42 bits per heavy atom. The van der Waals surface area contributed by atoms with Crippen LogP contribution in [0.4, 0.5) is 4.39 Å². The van der Waals surface area contributed by atoms with E-state index in [2.05, 4.69) is 0 Å². The van der Waals surface area contributed by atoms with Gasteiger partial charge >= 0.3 is 0 Å². The quantitative estimate of drug-likeness (QED) is 0.635. The molecule has 0 spiro atoms. The number of carbonyl (C=O) groups excluding carboxylic acids is 2. The van der Waals surface area contributed by atoms with Gasteiger partial charge in [-0.05, 0) is 13.8 Å². The minimum atomic E-state index is -2.06. The number of nitrogens with zero attached hydrogens (tertiary/aromatic N) is 1. The lowest BCUT2D eigenvalue weighted by molar-refractivity contribution is -0.143. The molecule has 12 heavy (non-hydrogen) atoms.